The van der Waals surface area contributed by atoms with Crippen LogP contribution in [0.1, 0.15) is 29.3 Å². The number of nitro benzene ring substituents is 1. The monoisotopic (exact) mass is 437 g/mol. The van der Waals surface area contributed by atoms with E-state index in [0.29, 0.717) is 29.4 Å². The average molecular weight is 437 g/mol. The van der Waals surface area contributed by atoms with Gasteiger partial charge in [0.25, 0.3) is 5.69 Å². The highest BCUT2D eigenvalue weighted by molar-refractivity contribution is 5.58. The Kier molecular flexibility index (Phi) is 6.32. The fourth-order valence-electron chi connectivity index (χ4n) is 4.55. The highest BCUT2D eigenvalue weighted by atomic mass is 16.6. The predicted molar refractivity (Wildman–Crippen MR) is 120 cm³/mol. The summed E-state index contributed by atoms with van der Waals surface area (Å²) in [6, 6.07) is 14.7. The van der Waals surface area contributed by atoms with Crippen LogP contribution in [-0.2, 0) is 13.1 Å². The molecule has 8 heteroatoms. The van der Waals surface area contributed by atoms with E-state index in [2.05, 4.69) is 21.7 Å². The summed E-state index contributed by atoms with van der Waals surface area (Å²) in [7, 11) is 4.79. The van der Waals surface area contributed by atoms with Gasteiger partial charge in [-0.15, -0.1) is 0 Å². The van der Waals surface area contributed by atoms with E-state index in [4.69, 9.17) is 14.2 Å². The van der Waals surface area contributed by atoms with Crippen LogP contribution < -0.4 is 14.2 Å². The van der Waals surface area contributed by atoms with Crippen LogP contribution in [0, 0.1) is 10.1 Å². The number of aryl methyl sites for hydroxylation is 1. The normalized spacial score (nSPS) is 16.2. The van der Waals surface area contributed by atoms with E-state index in [1.165, 1.54) is 0 Å². The quantitative estimate of drug-likeness (QED) is 0.402. The number of methoxy groups -OCH3 is 3. The van der Waals surface area contributed by atoms with Crippen molar-refractivity contribution in [1.29, 1.82) is 0 Å². The minimum absolute atomic E-state index is 0.130. The van der Waals surface area contributed by atoms with Crippen LogP contribution >= 0.6 is 0 Å². The molecule has 0 spiro atoms. The molecule has 0 radical (unpaired) electrons. The molecule has 1 aliphatic heterocycles. The third-order valence-electron chi connectivity index (χ3n) is 5.95. The molecule has 168 valence electrons. The molecular weight excluding hydrogens is 410 g/mol. The molecule has 1 unspecified atom stereocenters. The minimum Gasteiger partial charge on any atom is -0.493 e. The van der Waals surface area contributed by atoms with Crippen LogP contribution in [0.25, 0.3) is 0 Å². The van der Waals surface area contributed by atoms with Gasteiger partial charge in [-0.25, -0.2) is 0 Å². The van der Waals surface area contributed by atoms with E-state index >= 15 is 0 Å². The van der Waals surface area contributed by atoms with Gasteiger partial charge in [0.05, 0.1) is 32.3 Å². The molecule has 2 heterocycles. The maximum Gasteiger partial charge on any atom is 0.273 e. The van der Waals surface area contributed by atoms with E-state index in [1.54, 1.807) is 33.5 Å². The Balaban J connectivity index is 1.86. The van der Waals surface area contributed by atoms with Crippen molar-refractivity contribution in [3.63, 3.8) is 0 Å². The number of hydrogen-bond donors (Lipinski definition) is 0. The molecule has 0 bridgehead atoms. The Morgan fingerprint density at radius 1 is 0.969 bits per heavy atom. The maximum absolute atomic E-state index is 11.6. The highest BCUT2D eigenvalue weighted by Crippen LogP contribution is 2.46. The first kappa shape index (κ1) is 21.7. The van der Waals surface area contributed by atoms with Crippen molar-refractivity contribution in [1.82, 2.24) is 9.47 Å². The third kappa shape index (κ3) is 3.89. The maximum atomic E-state index is 11.6. The molecular formula is C24H27N3O5. The summed E-state index contributed by atoms with van der Waals surface area (Å²) in [6.07, 6.45) is 3.00. The molecule has 1 aliphatic rings. The van der Waals surface area contributed by atoms with Gasteiger partial charge in [-0.3, -0.25) is 15.0 Å². The molecule has 2 aromatic carbocycles. The highest BCUT2D eigenvalue weighted by Gasteiger charge is 2.32. The van der Waals surface area contributed by atoms with Crippen LogP contribution in [0.3, 0.4) is 0 Å². The van der Waals surface area contributed by atoms with Crippen LogP contribution in [0.15, 0.2) is 54.7 Å². The van der Waals surface area contributed by atoms with E-state index in [-0.39, 0.29) is 16.7 Å². The summed E-state index contributed by atoms with van der Waals surface area (Å²) in [5.41, 5.74) is 2.84. The smallest absolute Gasteiger partial charge is 0.273 e. The van der Waals surface area contributed by atoms with Crippen molar-refractivity contribution in [3.8, 4) is 17.2 Å². The van der Waals surface area contributed by atoms with Gasteiger partial charge in [0.1, 0.15) is 0 Å². The Morgan fingerprint density at radius 2 is 1.75 bits per heavy atom. The predicted octanol–water partition coefficient (Wildman–Crippen LogP) is 4.42. The van der Waals surface area contributed by atoms with Crippen molar-refractivity contribution in [2.24, 2.45) is 0 Å². The van der Waals surface area contributed by atoms with Crippen molar-refractivity contribution in [2.75, 3.05) is 27.9 Å². The summed E-state index contributed by atoms with van der Waals surface area (Å²) in [6.45, 7) is 2.09. The van der Waals surface area contributed by atoms with E-state index < -0.39 is 0 Å². The second-order valence-corrected chi connectivity index (χ2v) is 7.66. The molecule has 4 rings (SSSR count). The average Bonchev–Trinajstić information content (AvgIpc) is 3.19. The first-order valence-electron chi connectivity index (χ1n) is 10.5. The number of nitrogens with zero attached hydrogens (tertiary/aromatic N) is 3. The molecule has 32 heavy (non-hydrogen) atoms. The molecule has 1 atom stereocenters. The van der Waals surface area contributed by atoms with Crippen LogP contribution in [0.4, 0.5) is 5.69 Å². The Bertz CT molecular complexity index is 1110. The Labute approximate surface area is 187 Å². The van der Waals surface area contributed by atoms with Gasteiger partial charge in [0.15, 0.2) is 11.5 Å². The number of fused-ring (bicyclic) bond motifs is 1. The number of nitro groups is 1. The molecule has 0 saturated heterocycles. The summed E-state index contributed by atoms with van der Waals surface area (Å²) in [5, 5.41) is 11.6. The lowest BCUT2D eigenvalue weighted by Crippen LogP contribution is -2.30. The topological polar surface area (TPSA) is 79.0 Å². The second kappa shape index (κ2) is 9.32. The number of hydrogen-bond acceptors (Lipinski definition) is 6. The summed E-state index contributed by atoms with van der Waals surface area (Å²) in [5.74, 6) is 1.71. The largest absolute Gasteiger partial charge is 0.493 e. The van der Waals surface area contributed by atoms with Crippen LogP contribution in [0.2, 0.25) is 0 Å². The SMILES string of the molecule is COc1ccc(C2c3cccn3CCCN2Cc2ccccc2[N+](=O)[O-])c(OC)c1OC. The van der Waals surface area contributed by atoms with Gasteiger partial charge < -0.3 is 18.8 Å². The van der Waals surface area contributed by atoms with Gasteiger partial charge in [0, 0.05) is 48.7 Å². The molecule has 1 aromatic heterocycles. The second-order valence-electron chi connectivity index (χ2n) is 7.66. The molecule has 8 nitrogen and oxygen atoms in total. The number of aromatic nitrogens is 1. The molecule has 0 N–H and O–H groups in total. The molecule has 3 aromatic rings. The molecule has 0 aliphatic carbocycles. The van der Waals surface area contributed by atoms with Gasteiger partial charge in [-0.05, 0) is 30.7 Å². The zero-order chi connectivity index (χ0) is 22.7. The van der Waals surface area contributed by atoms with E-state index in [9.17, 15) is 10.1 Å². The van der Waals surface area contributed by atoms with Gasteiger partial charge in [-0.2, -0.15) is 0 Å². The van der Waals surface area contributed by atoms with E-state index in [0.717, 1.165) is 30.8 Å². The van der Waals surface area contributed by atoms with Crippen LogP contribution in [-0.4, -0.2) is 42.3 Å². The molecule has 0 saturated carbocycles. The minimum atomic E-state index is -0.318. The zero-order valence-corrected chi connectivity index (χ0v) is 18.5. The Hall–Kier alpha value is -3.52. The Morgan fingerprint density at radius 3 is 2.47 bits per heavy atom. The summed E-state index contributed by atoms with van der Waals surface area (Å²) < 4.78 is 19.1. The van der Waals surface area contributed by atoms with Crippen molar-refractivity contribution in [2.45, 2.75) is 25.6 Å². The first-order chi connectivity index (χ1) is 15.6. The summed E-state index contributed by atoms with van der Waals surface area (Å²) in [4.78, 5) is 13.6. The number of benzene rings is 2. The van der Waals surface area contributed by atoms with Gasteiger partial charge in [0.2, 0.25) is 5.75 Å². The lowest BCUT2D eigenvalue weighted by Gasteiger charge is -2.32. The third-order valence-corrected chi connectivity index (χ3v) is 5.95. The fourth-order valence-corrected chi connectivity index (χ4v) is 4.55. The first-order valence-corrected chi connectivity index (χ1v) is 10.5. The van der Waals surface area contributed by atoms with E-state index in [1.807, 2.05) is 30.3 Å². The molecule has 0 amide bonds. The van der Waals surface area contributed by atoms with Crippen molar-refractivity contribution >= 4 is 5.69 Å². The van der Waals surface area contributed by atoms with Crippen molar-refractivity contribution in [3.05, 3.63) is 81.7 Å². The fraction of sp³-hybridized carbons (Fsp3) is 0.333. The number of para-hydroxylation sites is 1. The number of rotatable bonds is 7. The summed E-state index contributed by atoms with van der Waals surface area (Å²) >= 11 is 0. The lowest BCUT2D eigenvalue weighted by molar-refractivity contribution is -0.385. The zero-order valence-electron chi connectivity index (χ0n) is 18.5. The van der Waals surface area contributed by atoms with Crippen LogP contribution in [0.5, 0.6) is 17.2 Å². The lowest BCUT2D eigenvalue weighted by atomic mass is 9.98. The standard InChI is InChI=1S/C24H27N3O5/c1-30-21-12-11-18(23(31-2)24(21)32-3)22-20-10-6-13-25(20)14-7-15-26(22)16-17-8-4-5-9-19(17)27(28)29/h4-6,8-13,22H,7,14-16H2,1-3H3. The van der Waals surface area contributed by atoms with Gasteiger partial charge >= 0.3 is 0 Å². The van der Waals surface area contributed by atoms with Gasteiger partial charge in [-0.1, -0.05) is 18.2 Å². The molecule has 0 fully saturated rings. The number of ether oxygens (including phenoxy) is 3. The van der Waals surface area contributed by atoms with Crippen molar-refractivity contribution < 1.29 is 19.1 Å².